The van der Waals surface area contributed by atoms with E-state index in [4.69, 9.17) is 0 Å². The maximum absolute atomic E-state index is 11.7. The predicted molar refractivity (Wildman–Crippen MR) is 48.7 cm³/mol. The highest BCUT2D eigenvalue weighted by molar-refractivity contribution is 6.03. The van der Waals surface area contributed by atoms with Crippen molar-refractivity contribution in [3.63, 3.8) is 0 Å². The molecule has 0 unspecified atom stereocenters. The van der Waals surface area contributed by atoms with E-state index >= 15 is 0 Å². The quantitative estimate of drug-likeness (QED) is 0.447. The Morgan fingerprint density at radius 1 is 1.36 bits per heavy atom. The molecule has 2 aromatic rings. The van der Waals surface area contributed by atoms with Gasteiger partial charge >= 0.3 is 0 Å². The van der Waals surface area contributed by atoms with Gasteiger partial charge in [-0.1, -0.05) is 12.1 Å². The van der Waals surface area contributed by atoms with Gasteiger partial charge in [-0.2, -0.15) is 4.73 Å². The van der Waals surface area contributed by atoms with E-state index in [1.54, 1.807) is 18.2 Å². The predicted octanol–water partition coefficient (Wildman–Crippen LogP) is 0.607. The minimum atomic E-state index is -0.117. The van der Waals surface area contributed by atoms with Crippen LogP contribution in [-0.4, -0.2) is 10.8 Å². The van der Waals surface area contributed by atoms with Crippen molar-refractivity contribution in [3.05, 3.63) is 40.9 Å². The molecule has 3 rings (SSSR count). The molecule has 0 saturated heterocycles. The Bertz CT molecular complexity index is 563. The van der Waals surface area contributed by atoms with Gasteiger partial charge < -0.3 is 5.21 Å². The second-order valence-electron chi connectivity index (χ2n) is 3.29. The topological polar surface area (TPSA) is 56.9 Å². The number of aromatic nitrogens is 2. The van der Waals surface area contributed by atoms with Gasteiger partial charge in [0.25, 0.3) is 5.69 Å². The third-order valence-electron chi connectivity index (χ3n) is 2.42. The molecule has 0 radical (unpaired) electrons. The van der Waals surface area contributed by atoms with Gasteiger partial charge in [0.1, 0.15) is 11.2 Å². The van der Waals surface area contributed by atoms with E-state index in [1.165, 1.54) is 0 Å². The number of rotatable bonds is 0. The Kier molecular flexibility index (Phi) is 1.21. The van der Waals surface area contributed by atoms with Crippen molar-refractivity contribution in [2.45, 2.75) is 6.42 Å². The maximum Gasteiger partial charge on any atom is 0.282 e. The van der Waals surface area contributed by atoms with E-state index in [1.807, 2.05) is 6.07 Å². The number of nitrogens with zero attached hydrogens (tertiary/aromatic N) is 2. The lowest BCUT2D eigenvalue weighted by atomic mass is 9.97. The molecule has 1 aliphatic carbocycles. The summed E-state index contributed by atoms with van der Waals surface area (Å²) in [5, 5.41) is 11.7. The molecule has 0 fully saturated rings. The highest BCUT2D eigenvalue weighted by Crippen LogP contribution is 2.19. The number of carbonyl (C=O) groups is 1. The number of hydrogen-bond acceptors (Lipinski definition) is 3. The first-order chi connectivity index (χ1) is 6.77. The fourth-order valence-electron chi connectivity index (χ4n) is 1.69. The van der Waals surface area contributed by atoms with Crippen LogP contribution in [0, 0.1) is 5.21 Å². The van der Waals surface area contributed by atoms with E-state index in [9.17, 15) is 10.0 Å². The zero-order valence-corrected chi connectivity index (χ0v) is 7.23. The van der Waals surface area contributed by atoms with Gasteiger partial charge in [0.2, 0.25) is 11.3 Å². The standard InChI is InChI=1S/C10H6N2O2/c13-9-5-7-10(9)12(14)8-4-2-1-3-6(8)11-7/h1-4H,5H2. The van der Waals surface area contributed by atoms with E-state index < -0.39 is 0 Å². The van der Waals surface area contributed by atoms with E-state index in [0.29, 0.717) is 27.9 Å². The summed E-state index contributed by atoms with van der Waals surface area (Å²) in [5.74, 6) is -0.117. The minimum Gasteiger partial charge on any atom is -0.618 e. The van der Waals surface area contributed by atoms with Crippen molar-refractivity contribution in [1.82, 2.24) is 4.98 Å². The zero-order valence-electron chi connectivity index (χ0n) is 7.23. The van der Waals surface area contributed by atoms with Crippen molar-refractivity contribution >= 4 is 16.8 Å². The van der Waals surface area contributed by atoms with Gasteiger partial charge in [-0.05, 0) is 6.07 Å². The van der Waals surface area contributed by atoms with Crippen LogP contribution in [0.1, 0.15) is 16.2 Å². The van der Waals surface area contributed by atoms with Crippen LogP contribution in [0.25, 0.3) is 11.0 Å². The first-order valence-corrected chi connectivity index (χ1v) is 4.32. The van der Waals surface area contributed by atoms with Crippen LogP contribution in [0.4, 0.5) is 0 Å². The van der Waals surface area contributed by atoms with E-state index in [2.05, 4.69) is 4.98 Å². The lowest BCUT2D eigenvalue weighted by Gasteiger charge is -2.15. The number of carbonyl (C=O) groups excluding carboxylic acids is 1. The second-order valence-corrected chi connectivity index (χ2v) is 3.29. The molecule has 0 spiro atoms. The Morgan fingerprint density at radius 3 is 2.93 bits per heavy atom. The summed E-state index contributed by atoms with van der Waals surface area (Å²) < 4.78 is 0.684. The van der Waals surface area contributed by atoms with Gasteiger partial charge in [-0.3, -0.25) is 4.79 Å². The molecule has 0 saturated carbocycles. The van der Waals surface area contributed by atoms with Gasteiger partial charge in [-0.15, -0.1) is 0 Å². The van der Waals surface area contributed by atoms with Crippen molar-refractivity contribution < 1.29 is 9.52 Å². The van der Waals surface area contributed by atoms with Crippen LogP contribution in [0.15, 0.2) is 24.3 Å². The first-order valence-electron chi connectivity index (χ1n) is 4.32. The molecule has 68 valence electrons. The Hall–Kier alpha value is -1.97. The van der Waals surface area contributed by atoms with E-state index in [-0.39, 0.29) is 11.5 Å². The molecule has 1 aromatic heterocycles. The second kappa shape index (κ2) is 2.29. The van der Waals surface area contributed by atoms with Gasteiger partial charge in [0.05, 0.1) is 6.42 Å². The van der Waals surface area contributed by atoms with Crippen molar-refractivity contribution in [1.29, 1.82) is 0 Å². The minimum absolute atomic E-state index is 0.117. The molecule has 4 nitrogen and oxygen atoms in total. The normalized spacial score (nSPS) is 13.9. The van der Waals surface area contributed by atoms with Crippen molar-refractivity contribution in [3.8, 4) is 0 Å². The molecule has 1 heterocycles. The summed E-state index contributed by atoms with van der Waals surface area (Å²) in [5.41, 5.74) is 1.93. The summed E-state index contributed by atoms with van der Waals surface area (Å²) >= 11 is 0. The smallest absolute Gasteiger partial charge is 0.282 e. The van der Waals surface area contributed by atoms with Crippen LogP contribution >= 0.6 is 0 Å². The van der Waals surface area contributed by atoms with Crippen molar-refractivity contribution in [2.75, 3.05) is 0 Å². The average molecular weight is 186 g/mol. The number of hydrogen-bond donors (Lipinski definition) is 0. The number of benzene rings is 1. The maximum atomic E-state index is 11.7. The summed E-state index contributed by atoms with van der Waals surface area (Å²) in [4.78, 5) is 15.4. The third kappa shape index (κ3) is 0.750. The summed E-state index contributed by atoms with van der Waals surface area (Å²) in [6, 6.07) is 7.02. The Labute approximate surface area is 79.4 Å². The highest BCUT2D eigenvalue weighted by atomic mass is 16.5. The van der Waals surface area contributed by atoms with Crippen LogP contribution in [-0.2, 0) is 6.42 Å². The number of fused-ring (bicyclic) bond motifs is 2. The molecule has 14 heavy (non-hydrogen) atoms. The SMILES string of the molecule is O=C1Cc2nc3ccccc3[n+]([O-])c21. The largest absolute Gasteiger partial charge is 0.618 e. The van der Waals surface area contributed by atoms with Crippen LogP contribution in [0.3, 0.4) is 0 Å². The monoisotopic (exact) mass is 186 g/mol. The van der Waals surface area contributed by atoms with Gasteiger partial charge in [0, 0.05) is 6.07 Å². The Balaban J connectivity index is 2.48. The molecule has 1 aromatic carbocycles. The summed E-state index contributed by atoms with van der Waals surface area (Å²) in [6.07, 6.45) is 0.294. The molecule has 0 aliphatic heterocycles. The molecule has 0 N–H and O–H groups in total. The zero-order chi connectivity index (χ0) is 9.71. The molecular formula is C10H6N2O2. The lowest BCUT2D eigenvalue weighted by molar-refractivity contribution is -0.581. The third-order valence-corrected chi connectivity index (χ3v) is 2.42. The first kappa shape index (κ1) is 7.44. The molecule has 0 bridgehead atoms. The van der Waals surface area contributed by atoms with Gasteiger partial charge in [0.15, 0.2) is 0 Å². The molecular weight excluding hydrogens is 180 g/mol. The molecule has 0 amide bonds. The van der Waals surface area contributed by atoms with Crippen LogP contribution in [0.2, 0.25) is 0 Å². The molecule has 1 aliphatic rings. The number of ketones is 1. The number of Topliss-reactive ketones (excluding diaryl/α,β-unsaturated/α-hetero) is 1. The van der Waals surface area contributed by atoms with E-state index in [0.717, 1.165) is 0 Å². The number of para-hydroxylation sites is 2. The summed E-state index contributed by atoms with van der Waals surface area (Å²) in [7, 11) is 0. The van der Waals surface area contributed by atoms with Crippen LogP contribution < -0.4 is 4.73 Å². The average Bonchev–Trinajstić information content (AvgIpc) is 2.16. The fourth-order valence-corrected chi connectivity index (χ4v) is 1.69. The fraction of sp³-hybridized carbons (Fsp3) is 0.100. The lowest BCUT2D eigenvalue weighted by Crippen LogP contribution is -2.43. The summed E-state index contributed by atoms with van der Waals surface area (Å²) in [6.45, 7) is 0. The van der Waals surface area contributed by atoms with Crippen LogP contribution in [0.5, 0.6) is 0 Å². The van der Waals surface area contributed by atoms with Crippen molar-refractivity contribution in [2.24, 2.45) is 0 Å². The van der Waals surface area contributed by atoms with Gasteiger partial charge in [-0.25, -0.2) is 4.98 Å². The highest BCUT2D eigenvalue weighted by Gasteiger charge is 2.35. The Morgan fingerprint density at radius 2 is 2.14 bits per heavy atom. The molecule has 4 heteroatoms. The molecule has 0 atom stereocenters.